The van der Waals surface area contributed by atoms with Gasteiger partial charge < -0.3 is 18.1 Å². The van der Waals surface area contributed by atoms with Gasteiger partial charge in [-0.05, 0) is 49.9 Å². The van der Waals surface area contributed by atoms with Crippen LogP contribution in [0.4, 0.5) is 35.1 Å². The lowest BCUT2D eigenvalue weighted by atomic mass is 9.93. The second kappa shape index (κ2) is 17.1. The largest absolute Gasteiger partial charge is 0.334 e. The molecule has 0 heterocycles. The summed E-state index contributed by atoms with van der Waals surface area (Å²) in [6.07, 6.45) is 0.644. The van der Waals surface area contributed by atoms with E-state index in [-0.39, 0.29) is 11.1 Å². The molecule has 0 spiro atoms. The first-order chi connectivity index (χ1) is 23.0. The monoisotopic (exact) mass is 718 g/mol. The van der Waals surface area contributed by atoms with Crippen LogP contribution in [0.1, 0.15) is 38.8 Å². The number of rotatable bonds is 15. The van der Waals surface area contributed by atoms with Crippen molar-refractivity contribution in [3.63, 3.8) is 0 Å². The highest BCUT2D eigenvalue weighted by molar-refractivity contribution is 7.46. The molecule has 48 heavy (non-hydrogen) atoms. The average molecular weight is 719 g/mol. The second-order valence-electron chi connectivity index (χ2n) is 10.1. The van der Waals surface area contributed by atoms with Gasteiger partial charge in [0.15, 0.2) is 63.3 Å². The van der Waals surface area contributed by atoms with E-state index in [0.717, 1.165) is 0 Å². The summed E-state index contributed by atoms with van der Waals surface area (Å²) in [5.74, 6) is -17.0. The SMILES string of the molecule is CCOP(Cc1ccc(-c2c(F)c(F)c(-c3c(F)c(F)c(-c4ccc(CP(OCC)OCC)cc4)c(F)c3F)c(F)c2F)cc1)OCC. The molecule has 0 saturated heterocycles. The van der Waals surface area contributed by atoms with Crippen LogP contribution in [-0.2, 0) is 30.4 Å². The van der Waals surface area contributed by atoms with Crippen LogP contribution < -0.4 is 0 Å². The van der Waals surface area contributed by atoms with Gasteiger partial charge in [0.05, 0.1) is 48.7 Å². The molecular formula is C34H32F8O4P2. The van der Waals surface area contributed by atoms with Gasteiger partial charge >= 0.3 is 0 Å². The molecule has 14 heteroatoms. The Labute approximate surface area is 275 Å². The third-order valence-corrected chi connectivity index (χ3v) is 10.4. The molecule has 0 aliphatic rings. The third-order valence-electron chi connectivity index (χ3n) is 6.98. The molecule has 0 aromatic heterocycles. The Hall–Kier alpha value is -2.98. The van der Waals surface area contributed by atoms with Crippen molar-refractivity contribution in [2.75, 3.05) is 26.4 Å². The molecule has 0 amide bonds. The minimum absolute atomic E-state index is 0.303. The lowest BCUT2D eigenvalue weighted by molar-refractivity contribution is 0.268. The van der Waals surface area contributed by atoms with Crippen molar-refractivity contribution in [2.24, 2.45) is 0 Å². The normalized spacial score (nSPS) is 11.7. The van der Waals surface area contributed by atoms with E-state index in [4.69, 9.17) is 18.1 Å². The molecule has 4 aromatic carbocycles. The summed E-state index contributed by atoms with van der Waals surface area (Å²) in [4.78, 5) is 0. The van der Waals surface area contributed by atoms with Crippen LogP contribution in [0.5, 0.6) is 0 Å². The summed E-state index contributed by atoms with van der Waals surface area (Å²) in [6, 6.07) is 10.5. The zero-order chi connectivity index (χ0) is 35.1. The first-order valence-corrected chi connectivity index (χ1v) is 17.7. The molecule has 0 aliphatic heterocycles. The van der Waals surface area contributed by atoms with E-state index in [0.29, 0.717) is 49.9 Å². The van der Waals surface area contributed by atoms with Crippen LogP contribution >= 0.6 is 16.8 Å². The average Bonchev–Trinajstić information content (AvgIpc) is 3.06. The number of benzene rings is 4. The molecule has 0 aliphatic carbocycles. The molecule has 4 aromatic rings. The van der Waals surface area contributed by atoms with Crippen LogP contribution in [0, 0.1) is 46.5 Å². The number of halogens is 8. The van der Waals surface area contributed by atoms with E-state index in [2.05, 4.69) is 0 Å². The van der Waals surface area contributed by atoms with Gasteiger partial charge in [-0.15, -0.1) is 0 Å². The summed E-state index contributed by atoms with van der Waals surface area (Å²) in [5.41, 5.74) is -5.54. The Bertz CT molecular complexity index is 1530. The number of hydrogen-bond acceptors (Lipinski definition) is 4. The lowest BCUT2D eigenvalue weighted by Gasteiger charge is -2.17. The Morgan fingerprint density at radius 1 is 0.375 bits per heavy atom. The van der Waals surface area contributed by atoms with Crippen molar-refractivity contribution < 1.29 is 53.2 Å². The van der Waals surface area contributed by atoms with Crippen molar-refractivity contribution >= 4 is 16.8 Å². The Kier molecular flexibility index (Phi) is 13.5. The summed E-state index contributed by atoms with van der Waals surface area (Å²) in [5, 5.41) is 0. The lowest BCUT2D eigenvalue weighted by Crippen LogP contribution is -2.09. The van der Waals surface area contributed by atoms with Gasteiger partial charge in [-0.1, -0.05) is 48.5 Å². The van der Waals surface area contributed by atoms with Gasteiger partial charge in [-0.3, -0.25) is 0 Å². The second-order valence-corrected chi connectivity index (χ2v) is 13.1. The Balaban J connectivity index is 1.72. The molecule has 0 radical (unpaired) electrons. The van der Waals surface area contributed by atoms with Crippen molar-refractivity contribution in [3.05, 3.63) is 106 Å². The molecule has 4 nitrogen and oxygen atoms in total. The molecule has 0 unspecified atom stereocenters. The maximum atomic E-state index is 15.4. The van der Waals surface area contributed by atoms with Crippen LogP contribution in [0.15, 0.2) is 48.5 Å². The highest BCUT2D eigenvalue weighted by Gasteiger charge is 2.34. The standard InChI is InChI=1S/C34H32F8O4P2/c1-5-43-47(44-6-2)17-19-9-13-21(14-10-19)23-27(35)31(39)25(32(40)28(23)36)26-33(41)29(37)24(30(38)34(26)42)22-15-11-20(12-16-22)18-48(45-7-3)46-8-4/h9-16H,5-8,17-18H2,1-4H3. The summed E-state index contributed by atoms with van der Waals surface area (Å²) >= 11 is 0. The van der Waals surface area contributed by atoms with Crippen molar-refractivity contribution in [3.8, 4) is 33.4 Å². The summed E-state index contributed by atoms with van der Waals surface area (Å²) in [6.45, 7) is 8.70. The maximum Gasteiger partial charge on any atom is 0.175 e. The predicted octanol–water partition coefficient (Wildman–Crippen LogP) is 11.6. The summed E-state index contributed by atoms with van der Waals surface area (Å²) < 4.78 is 145. The van der Waals surface area contributed by atoms with Gasteiger partial charge in [0.2, 0.25) is 0 Å². The molecule has 0 atom stereocenters. The first kappa shape index (κ1) is 37.8. The fourth-order valence-corrected chi connectivity index (χ4v) is 7.58. The van der Waals surface area contributed by atoms with Gasteiger partial charge in [0.25, 0.3) is 0 Å². The molecule has 4 rings (SSSR count). The van der Waals surface area contributed by atoms with Gasteiger partial charge in [0, 0.05) is 12.3 Å². The van der Waals surface area contributed by atoms with E-state index >= 15 is 35.1 Å². The van der Waals surface area contributed by atoms with Crippen LogP contribution in [-0.4, -0.2) is 26.4 Å². The third kappa shape index (κ3) is 8.07. The van der Waals surface area contributed by atoms with Crippen molar-refractivity contribution in [1.29, 1.82) is 0 Å². The molecule has 258 valence electrons. The Morgan fingerprint density at radius 3 is 0.833 bits per heavy atom. The highest BCUT2D eigenvalue weighted by atomic mass is 31.2. The van der Waals surface area contributed by atoms with Gasteiger partial charge in [0.1, 0.15) is 0 Å². The zero-order valence-corrected chi connectivity index (χ0v) is 28.2. The van der Waals surface area contributed by atoms with Crippen LogP contribution in [0.3, 0.4) is 0 Å². The predicted molar refractivity (Wildman–Crippen MR) is 170 cm³/mol. The minimum atomic E-state index is -2.24. The van der Waals surface area contributed by atoms with Crippen molar-refractivity contribution in [2.45, 2.75) is 40.0 Å². The van der Waals surface area contributed by atoms with E-state index in [1.165, 1.54) is 48.5 Å². The molecule has 0 fully saturated rings. The smallest absolute Gasteiger partial charge is 0.175 e. The van der Waals surface area contributed by atoms with Crippen LogP contribution in [0.2, 0.25) is 0 Å². The topological polar surface area (TPSA) is 36.9 Å². The first-order valence-electron chi connectivity index (χ1n) is 15.0. The molecular weight excluding hydrogens is 686 g/mol. The van der Waals surface area contributed by atoms with Gasteiger partial charge in [-0.25, -0.2) is 35.1 Å². The Morgan fingerprint density at radius 2 is 0.604 bits per heavy atom. The van der Waals surface area contributed by atoms with Crippen molar-refractivity contribution in [1.82, 2.24) is 0 Å². The zero-order valence-electron chi connectivity index (χ0n) is 26.4. The summed E-state index contributed by atoms with van der Waals surface area (Å²) in [7, 11) is -2.60. The minimum Gasteiger partial charge on any atom is -0.334 e. The van der Waals surface area contributed by atoms with E-state index in [9.17, 15) is 0 Å². The van der Waals surface area contributed by atoms with Crippen LogP contribution in [0.25, 0.3) is 33.4 Å². The van der Waals surface area contributed by atoms with E-state index < -0.39 is 85.5 Å². The molecule has 0 N–H and O–H groups in total. The molecule has 0 bridgehead atoms. The van der Waals surface area contributed by atoms with E-state index in [1.54, 1.807) is 27.7 Å². The highest BCUT2D eigenvalue weighted by Crippen LogP contribution is 2.45. The number of hydrogen-bond donors (Lipinski definition) is 0. The quantitative estimate of drug-likeness (QED) is 0.0697. The fraction of sp³-hybridized carbons (Fsp3) is 0.294. The van der Waals surface area contributed by atoms with E-state index in [1.807, 2.05) is 0 Å². The van der Waals surface area contributed by atoms with Gasteiger partial charge in [-0.2, -0.15) is 0 Å². The fourth-order valence-electron chi connectivity index (χ4n) is 4.89. The maximum absolute atomic E-state index is 15.4. The molecule has 0 saturated carbocycles.